The molecule has 1 rings (SSSR count). The van der Waals surface area contributed by atoms with Gasteiger partial charge in [0.05, 0.1) is 6.61 Å². The summed E-state index contributed by atoms with van der Waals surface area (Å²) in [6.07, 6.45) is 7.97. The highest BCUT2D eigenvalue weighted by Gasteiger charge is 2.34. The minimum atomic E-state index is 0.191. The van der Waals surface area contributed by atoms with E-state index in [1.807, 2.05) is 0 Å². The number of aliphatic hydroxyl groups excluding tert-OH is 1. The average Bonchev–Trinajstić information content (AvgIpc) is 2.38. The van der Waals surface area contributed by atoms with Crippen LogP contribution in [0.2, 0.25) is 0 Å². The first-order valence-corrected chi connectivity index (χ1v) is 8.49. The van der Waals surface area contributed by atoms with Crippen LogP contribution in [0.1, 0.15) is 66.2 Å². The fraction of sp³-hybridized carbons (Fsp3) is 1.00. The van der Waals surface area contributed by atoms with Crippen LogP contribution in [0.4, 0.5) is 0 Å². The van der Waals surface area contributed by atoms with Crippen molar-refractivity contribution in [2.45, 2.75) is 71.8 Å². The predicted molar refractivity (Wildman–Crippen MR) is 87.1 cm³/mol. The van der Waals surface area contributed by atoms with Crippen molar-refractivity contribution in [1.82, 2.24) is 10.2 Å². The van der Waals surface area contributed by atoms with Crippen molar-refractivity contribution < 1.29 is 5.11 Å². The van der Waals surface area contributed by atoms with Crippen molar-refractivity contribution >= 4 is 0 Å². The Bertz CT molecular complexity index is 248. The van der Waals surface area contributed by atoms with Crippen molar-refractivity contribution in [3.63, 3.8) is 0 Å². The fourth-order valence-electron chi connectivity index (χ4n) is 3.35. The summed E-state index contributed by atoms with van der Waals surface area (Å²) < 4.78 is 0. The summed E-state index contributed by atoms with van der Waals surface area (Å²) in [5, 5.41) is 13.0. The zero-order chi connectivity index (χ0) is 15.1. The predicted octanol–water partition coefficient (Wildman–Crippen LogP) is 3.03. The Kier molecular flexibility index (Phi) is 7.49. The Balaban J connectivity index is 2.65. The Labute approximate surface area is 126 Å². The van der Waals surface area contributed by atoms with E-state index >= 15 is 0 Å². The van der Waals surface area contributed by atoms with Gasteiger partial charge in [-0.3, -0.25) is 0 Å². The lowest BCUT2D eigenvalue weighted by Gasteiger charge is -2.43. The molecule has 1 aliphatic rings. The molecule has 0 aromatic rings. The van der Waals surface area contributed by atoms with Gasteiger partial charge in [0.2, 0.25) is 0 Å². The third kappa shape index (κ3) is 6.55. The van der Waals surface area contributed by atoms with Gasteiger partial charge in [-0.25, -0.2) is 0 Å². The van der Waals surface area contributed by atoms with Crippen molar-refractivity contribution in [3.8, 4) is 0 Å². The van der Waals surface area contributed by atoms with Gasteiger partial charge in [0.15, 0.2) is 0 Å². The SMILES string of the molecule is CCCN(CCO)CC1(CNC(C)(C)C)CCCCC1. The molecule has 0 saturated heterocycles. The molecular formula is C17H36N2O. The van der Waals surface area contributed by atoms with Crippen LogP contribution in [-0.4, -0.2) is 48.3 Å². The molecule has 0 radical (unpaired) electrons. The zero-order valence-corrected chi connectivity index (χ0v) is 14.2. The van der Waals surface area contributed by atoms with E-state index in [-0.39, 0.29) is 12.1 Å². The number of nitrogens with zero attached hydrogens (tertiary/aromatic N) is 1. The third-order valence-electron chi connectivity index (χ3n) is 4.42. The van der Waals surface area contributed by atoms with Crippen molar-refractivity contribution in [2.24, 2.45) is 5.41 Å². The second-order valence-electron chi connectivity index (χ2n) is 7.66. The van der Waals surface area contributed by atoms with Crippen LogP contribution in [0.3, 0.4) is 0 Å². The van der Waals surface area contributed by atoms with E-state index in [4.69, 9.17) is 0 Å². The molecule has 0 heterocycles. The molecular weight excluding hydrogens is 248 g/mol. The standard InChI is InChI=1S/C17H36N2O/c1-5-11-19(12-13-20)15-17(9-7-6-8-10-17)14-18-16(2,3)4/h18,20H,5-15H2,1-4H3. The fourth-order valence-corrected chi connectivity index (χ4v) is 3.35. The maximum absolute atomic E-state index is 9.28. The van der Waals surface area contributed by atoms with Gasteiger partial charge in [0.25, 0.3) is 0 Å². The van der Waals surface area contributed by atoms with Crippen molar-refractivity contribution in [3.05, 3.63) is 0 Å². The van der Waals surface area contributed by atoms with Crippen LogP contribution in [0.15, 0.2) is 0 Å². The van der Waals surface area contributed by atoms with Gasteiger partial charge < -0.3 is 15.3 Å². The maximum atomic E-state index is 9.28. The first-order valence-electron chi connectivity index (χ1n) is 8.49. The Morgan fingerprint density at radius 2 is 1.75 bits per heavy atom. The van der Waals surface area contributed by atoms with Crippen LogP contribution in [-0.2, 0) is 0 Å². The van der Waals surface area contributed by atoms with Gasteiger partial charge in [-0.15, -0.1) is 0 Å². The van der Waals surface area contributed by atoms with Gasteiger partial charge in [-0.2, -0.15) is 0 Å². The van der Waals surface area contributed by atoms with E-state index in [1.54, 1.807) is 0 Å². The Hall–Kier alpha value is -0.120. The first-order chi connectivity index (χ1) is 9.41. The summed E-state index contributed by atoms with van der Waals surface area (Å²) in [7, 11) is 0. The molecule has 0 aromatic carbocycles. The average molecular weight is 284 g/mol. The monoisotopic (exact) mass is 284 g/mol. The van der Waals surface area contributed by atoms with E-state index in [9.17, 15) is 5.11 Å². The summed E-state index contributed by atoms with van der Waals surface area (Å²) in [6.45, 7) is 13.5. The van der Waals surface area contributed by atoms with E-state index in [0.717, 1.165) is 26.2 Å². The van der Waals surface area contributed by atoms with E-state index in [2.05, 4.69) is 37.9 Å². The lowest BCUT2D eigenvalue weighted by atomic mass is 9.73. The van der Waals surface area contributed by atoms with Gasteiger partial charge in [-0.05, 0) is 52.0 Å². The minimum absolute atomic E-state index is 0.191. The number of nitrogens with one attached hydrogen (secondary N) is 1. The Morgan fingerprint density at radius 1 is 1.10 bits per heavy atom. The largest absolute Gasteiger partial charge is 0.395 e. The second kappa shape index (κ2) is 8.35. The lowest BCUT2D eigenvalue weighted by Crippen LogP contribution is -2.50. The molecule has 20 heavy (non-hydrogen) atoms. The van der Waals surface area contributed by atoms with Gasteiger partial charge in [0, 0.05) is 25.2 Å². The molecule has 0 aromatic heterocycles. The maximum Gasteiger partial charge on any atom is 0.0558 e. The third-order valence-corrected chi connectivity index (χ3v) is 4.42. The van der Waals surface area contributed by atoms with E-state index < -0.39 is 0 Å². The number of hydrogen-bond donors (Lipinski definition) is 2. The molecule has 1 saturated carbocycles. The first kappa shape index (κ1) is 17.9. The molecule has 0 spiro atoms. The highest BCUT2D eigenvalue weighted by molar-refractivity contribution is 4.90. The minimum Gasteiger partial charge on any atom is -0.395 e. The number of hydrogen-bond acceptors (Lipinski definition) is 3. The summed E-state index contributed by atoms with van der Waals surface area (Å²) >= 11 is 0. The van der Waals surface area contributed by atoms with Crippen molar-refractivity contribution in [2.75, 3.05) is 32.8 Å². The highest BCUT2D eigenvalue weighted by Crippen LogP contribution is 2.37. The lowest BCUT2D eigenvalue weighted by molar-refractivity contribution is 0.0829. The molecule has 1 aliphatic carbocycles. The van der Waals surface area contributed by atoms with Crippen molar-refractivity contribution in [1.29, 1.82) is 0 Å². The molecule has 0 amide bonds. The molecule has 3 heteroatoms. The summed E-state index contributed by atoms with van der Waals surface area (Å²) in [5.41, 5.74) is 0.604. The highest BCUT2D eigenvalue weighted by atomic mass is 16.3. The summed E-state index contributed by atoms with van der Waals surface area (Å²) in [4.78, 5) is 2.47. The molecule has 0 atom stereocenters. The molecule has 2 N–H and O–H groups in total. The quantitative estimate of drug-likeness (QED) is 0.719. The molecule has 0 aliphatic heterocycles. The van der Waals surface area contributed by atoms with Crippen LogP contribution >= 0.6 is 0 Å². The summed E-state index contributed by atoms with van der Waals surface area (Å²) in [6, 6.07) is 0. The van der Waals surface area contributed by atoms with Crippen LogP contribution in [0.5, 0.6) is 0 Å². The number of rotatable bonds is 8. The molecule has 120 valence electrons. The van der Waals surface area contributed by atoms with Crippen LogP contribution in [0, 0.1) is 5.41 Å². The second-order valence-corrected chi connectivity index (χ2v) is 7.66. The molecule has 0 bridgehead atoms. The smallest absolute Gasteiger partial charge is 0.0558 e. The molecule has 1 fully saturated rings. The van der Waals surface area contributed by atoms with Gasteiger partial charge >= 0.3 is 0 Å². The summed E-state index contributed by atoms with van der Waals surface area (Å²) in [5.74, 6) is 0. The van der Waals surface area contributed by atoms with Gasteiger partial charge in [0.1, 0.15) is 0 Å². The molecule has 0 unspecified atom stereocenters. The van der Waals surface area contributed by atoms with E-state index in [1.165, 1.54) is 38.5 Å². The normalized spacial score (nSPS) is 19.5. The van der Waals surface area contributed by atoms with Gasteiger partial charge in [-0.1, -0.05) is 26.2 Å². The zero-order valence-electron chi connectivity index (χ0n) is 14.2. The van der Waals surface area contributed by atoms with Crippen LogP contribution in [0.25, 0.3) is 0 Å². The molecule has 3 nitrogen and oxygen atoms in total. The Morgan fingerprint density at radius 3 is 2.25 bits per heavy atom. The topological polar surface area (TPSA) is 35.5 Å². The van der Waals surface area contributed by atoms with E-state index in [0.29, 0.717) is 5.41 Å². The van der Waals surface area contributed by atoms with Crippen LogP contribution < -0.4 is 5.32 Å². The number of aliphatic hydroxyl groups is 1.